The standard InChI is InChI=1S/C7H5N.C5H6F3NO/c8-6-7-4-2-1-3-5-7;6-5(7,8)4-10-3-1-2-9/h1-5H;1,3-4H2. The lowest BCUT2D eigenvalue weighted by molar-refractivity contribution is -0.173. The molecule has 1 aromatic rings. The van der Waals surface area contributed by atoms with E-state index in [9.17, 15) is 13.2 Å². The Hall–Kier alpha value is -2.05. The largest absolute Gasteiger partial charge is 0.411 e. The third kappa shape index (κ3) is 10.5. The van der Waals surface area contributed by atoms with Gasteiger partial charge >= 0.3 is 6.18 Å². The Labute approximate surface area is 103 Å². The molecule has 0 aromatic heterocycles. The Balaban J connectivity index is 0.000000327. The van der Waals surface area contributed by atoms with Gasteiger partial charge in [0, 0.05) is 0 Å². The summed E-state index contributed by atoms with van der Waals surface area (Å²) in [5, 5.41) is 16.2. The minimum atomic E-state index is -4.28. The van der Waals surface area contributed by atoms with Gasteiger partial charge in [0.2, 0.25) is 0 Å². The number of halogens is 3. The third-order valence-corrected chi connectivity index (χ3v) is 1.53. The van der Waals surface area contributed by atoms with Crippen LogP contribution in [0, 0.1) is 22.7 Å². The molecule has 0 bridgehead atoms. The maximum atomic E-state index is 11.3. The number of alkyl halides is 3. The van der Waals surface area contributed by atoms with Gasteiger partial charge in [0.1, 0.15) is 6.61 Å². The first-order valence-corrected chi connectivity index (χ1v) is 4.96. The molecule has 0 aliphatic rings. The Kier molecular flexibility index (Phi) is 8.00. The molecule has 0 aliphatic carbocycles. The van der Waals surface area contributed by atoms with Gasteiger partial charge in [-0.25, -0.2) is 0 Å². The van der Waals surface area contributed by atoms with Crippen LogP contribution in [0.3, 0.4) is 0 Å². The van der Waals surface area contributed by atoms with Crippen molar-refractivity contribution in [1.82, 2.24) is 0 Å². The van der Waals surface area contributed by atoms with Gasteiger partial charge in [0.15, 0.2) is 0 Å². The molecule has 3 nitrogen and oxygen atoms in total. The molecule has 18 heavy (non-hydrogen) atoms. The van der Waals surface area contributed by atoms with E-state index < -0.39 is 12.8 Å². The summed E-state index contributed by atoms with van der Waals surface area (Å²) >= 11 is 0. The number of hydrogen-bond donors (Lipinski definition) is 0. The SMILES string of the molecule is N#CCCOCC(F)(F)F.N#Cc1ccccc1. The lowest BCUT2D eigenvalue weighted by Crippen LogP contribution is -2.17. The van der Waals surface area contributed by atoms with E-state index in [-0.39, 0.29) is 13.0 Å². The van der Waals surface area contributed by atoms with Crippen molar-refractivity contribution >= 4 is 0 Å². The smallest absolute Gasteiger partial charge is 0.371 e. The fourth-order valence-electron chi connectivity index (χ4n) is 0.818. The number of hydrogen-bond acceptors (Lipinski definition) is 3. The molecule has 96 valence electrons. The molecule has 0 aliphatic heterocycles. The zero-order chi connectivity index (χ0) is 13.9. The Bertz CT molecular complexity index is 404. The fourth-order valence-corrected chi connectivity index (χ4v) is 0.818. The van der Waals surface area contributed by atoms with Gasteiger partial charge in [-0.1, -0.05) is 18.2 Å². The van der Waals surface area contributed by atoms with Crippen molar-refractivity contribution in [1.29, 1.82) is 10.5 Å². The van der Waals surface area contributed by atoms with Crippen LogP contribution in [0.1, 0.15) is 12.0 Å². The lowest BCUT2D eigenvalue weighted by Gasteiger charge is -2.04. The minimum Gasteiger partial charge on any atom is -0.371 e. The van der Waals surface area contributed by atoms with Crippen LogP contribution in [0.25, 0.3) is 0 Å². The molecule has 0 radical (unpaired) electrons. The molecular formula is C12H11F3N2O. The first kappa shape index (κ1) is 16.0. The van der Waals surface area contributed by atoms with E-state index in [4.69, 9.17) is 10.5 Å². The van der Waals surface area contributed by atoms with Crippen LogP contribution >= 0.6 is 0 Å². The average molecular weight is 256 g/mol. The van der Waals surface area contributed by atoms with Crippen LogP contribution in [-0.4, -0.2) is 19.4 Å². The van der Waals surface area contributed by atoms with Crippen molar-refractivity contribution in [3.05, 3.63) is 35.9 Å². The highest BCUT2D eigenvalue weighted by atomic mass is 19.4. The first-order valence-electron chi connectivity index (χ1n) is 4.96. The van der Waals surface area contributed by atoms with E-state index >= 15 is 0 Å². The Morgan fingerprint density at radius 2 is 1.72 bits per heavy atom. The quantitative estimate of drug-likeness (QED) is 0.781. The minimum absolute atomic E-state index is 0.00389. The molecule has 0 spiro atoms. The number of benzene rings is 1. The van der Waals surface area contributed by atoms with Crippen molar-refractivity contribution in [3.8, 4) is 12.1 Å². The Morgan fingerprint density at radius 3 is 2.11 bits per heavy atom. The highest BCUT2D eigenvalue weighted by Crippen LogP contribution is 2.14. The topological polar surface area (TPSA) is 56.8 Å². The second-order valence-electron chi connectivity index (χ2n) is 3.05. The van der Waals surface area contributed by atoms with Crippen LogP contribution in [-0.2, 0) is 4.74 Å². The highest BCUT2D eigenvalue weighted by molar-refractivity contribution is 5.27. The van der Waals surface area contributed by atoms with Gasteiger partial charge in [0.05, 0.1) is 30.7 Å². The van der Waals surface area contributed by atoms with Gasteiger partial charge < -0.3 is 4.74 Å². The van der Waals surface area contributed by atoms with Crippen LogP contribution in [0.2, 0.25) is 0 Å². The van der Waals surface area contributed by atoms with Crippen molar-refractivity contribution < 1.29 is 17.9 Å². The van der Waals surface area contributed by atoms with Crippen molar-refractivity contribution in [2.45, 2.75) is 12.6 Å². The Morgan fingerprint density at radius 1 is 1.11 bits per heavy atom. The zero-order valence-corrected chi connectivity index (χ0v) is 9.44. The summed E-state index contributed by atoms with van der Waals surface area (Å²) in [4.78, 5) is 0. The number of nitriles is 2. The molecule has 1 rings (SSSR count). The van der Waals surface area contributed by atoms with Gasteiger partial charge in [0.25, 0.3) is 0 Å². The molecule has 0 heterocycles. The zero-order valence-electron chi connectivity index (χ0n) is 9.44. The third-order valence-electron chi connectivity index (χ3n) is 1.53. The second-order valence-corrected chi connectivity index (χ2v) is 3.05. The number of nitrogens with zero attached hydrogens (tertiary/aromatic N) is 2. The van der Waals surface area contributed by atoms with Gasteiger partial charge in [-0.3, -0.25) is 0 Å². The van der Waals surface area contributed by atoms with Crippen LogP contribution in [0.4, 0.5) is 13.2 Å². The summed E-state index contributed by atoms with van der Waals surface area (Å²) in [6.07, 6.45) is -4.29. The lowest BCUT2D eigenvalue weighted by atomic mass is 10.2. The fraction of sp³-hybridized carbons (Fsp3) is 0.333. The summed E-state index contributed by atoms with van der Waals surface area (Å²) in [5.74, 6) is 0. The molecule has 0 N–H and O–H groups in total. The molecule has 0 fully saturated rings. The summed E-state index contributed by atoms with van der Waals surface area (Å²) in [6.45, 7) is -1.43. The van der Waals surface area contributed by atoms with E-state index in [1.54, 1.807) is 18.2 Å². The molecule has 0 saturated heterocycles. The van der Waals surface area contributed by atoms with Crippen LogP contribution < -0.4 is 0 Å². The second kappa shape index (κ2) is 9.03. The maximum Gasteiger partial charge on any atom is 0.411 e. The number of ether oxygens (including phenoxy) is 1. The molecule has 0 saturated carbocycles. The molecule has 0 unspecified atom stereocenters. The van der Waals surface area contributed by atoms with Gasteiger partial charge in [-0.15, -0.1) is 0 Å². The highest BCUT2D eigenvalue weighted by Gasteiger charge is 2.26. The maximum absolute atomic E-state index is 11.3. The van der Waals surface area contributed by atoms with E-state index in [2.05, 4.69) is 4.74 Å². The molecule has 0 atom stereocenters. The summed E-state index contributed by atoms with van der Waals surface area (Å²) in [5.41, 5.74) is 0.715. The number of rotatable bonds is 3. The summed E-state index contributed by atoms with van der Waals surface area (Å²) < 4.78 is 37.9. The van der Waals surface area contributed by atoms with Crippen LogP contribution in [0.5, 0.6) is 0 Å². The van der Waals surface area contributed by atoms with Crippen molar-refractivity contribution in [2.24, 2.45) is 0 Å². The first-order chi connectivity index (χ1) is 8.49. The normalized spacial score (nSPS) is 9.61. The summed E-state index contributed by atoms with van der Waals surface area (Å²) in [7, 11) is 0. The van der Waals surface area contributed by atoms with E-state index in [0.717, 1.165) is 0 Å². The van der Waals surface area contributed by atoms with Crippen molar-refractivity contribution in [2.75, 3.05) is 13.2 Å². The van der Waals surface area contributed by atoms with E-state index in [1.165, 1.54) is 0 Å². The van der Waals surface area contributed by atoms with E-state index in [0.29, 0.717) is 5.56 Å². The molecular weight excluding hydrogens is 245 g/mol. The van der Waals surface area contributed by atoms with Gasteiger partial charge in [-0.2, -0.15) is 23.7 Å². The predicted molar refractivity (Wildman–Crippen MR) is 58.3 cm³/mol. The van der Waals surface area contributed by atoms with Crippen LogP contribution in [0.15, 0.2) is 30.3 Å². The molecule has 6 heteroatoms. The predicted octanol–water partition coefficient (Wildman–Crippen LogP) is 3.04. The molecule has 1 aromatic carbocycles. The molecule has 0 amide bonds. The van der Waals surface area contributed by atoms with Crippen molar-refractivity contribution in [3.63, 3.8) is 0 Å². The average Bonchev–Trinajstić information content (AvgIpc) is 2.35. The summed E-state index contributed by atoms with van der Waals surface area (Å²) in [6, 6.07) is 12.8. The monoisotopic (exact) mass is 256 g/mol. The van der Waals surface area contributed by atoms with E-state index in [1.807, 2.05) is 24.3 Å². The van der Waals surface area contributed by atoms with Gasteiger partial charge in [-0.05, 0) is 12.1 Å².